The Morgan fingerprint density at radius 1 is 1.04 bits per heavy atom. The minimum Gasteiger partial charge on any atom is -0.481 e. The van der Waals surface area contributed by atoms with Gasteiger partial charge in [0.05, 0.1) is 4.90 Å². The molecule has 8 heteroatoms. The zero-order valence-electron chi connectivity index (χ0n) is 12.0. The van der Waals surface area contributed by atoms with Gasteiger partial charge in [0.25, 0.3) is 10.0 Å². The minimum atomic E-state index is -3.71. The average molecular weight is 399 g/mol. The maximum absolute atomic E-state index is 12.2. The third-order valence-electron chi connectivity index (χ3n) is 3.04. The Morgan fingerprint density at radius 2 is 1.65 bits per heavy atom. The lowest BCUT2D eigenvalue weighted by Gasteiger charge is -2.10. The molecule has 0 saturated carbocycles. The number of aryl methyl sites for hydroxylation is 1. The molecule has 23 heavy (non-hydrogen) atoms. The summed E-state index contributed by atoms with van der Waals surface area (Å²) in [4.78, 5) is 12.9. The highest BCUT2D eigenvalue weighted by atomic mass is 79.9. The lowest BCUT2D eigenvalue weighted by atomic mass is 10.1. The van der Waals surface area contributed by atoms with Crippen LogP contribution < -0.4 is 10.3 Å². The van der Waals surface area contributed by atoms with Crippen molar-refractivity contribution < 1.29 is 18.3 Å². The van der Waals surface area contributed by atoms with Gasteiger partial charge in [0.2, 0.25) is 0 Å². The van der Waals surface area contributed by atoms with E-state index in [0.717, 1.165) is 10.0 Å². The van der Waals surface area contributed by atoms with Gasteiger partial charge in [0.15, 0.2) is 0 Å². The molecule has 2 aromatic carbocycles. The average Bonchev–Trinajstić information content (AvgIpc) is 2.53. The number of carbonyl (C=O) groups is 1. The molecule has 0 unspecified atom stereocenters. The fourth-order valence-electron chi connectivity index (χ4n) is 1.80. The number of carboxylic acids is 1. The van der Waals surface area contributed by atoms with Crippen LogP contribution in [0.15, 0.2) is 57.9 Å². The molecule has 0 aliphatic carbocycles. The van der Waals surface area contributed by atoms with Crippen molar-refractivity contribution >= 4 is 37.6 Å². The molecule has 122 valence electrons. The van der Waals surface area contributed by atoms with Gasteiger partial charge >= 0.3 is 5.97 Å². The van der Waals surface area contributed by atoms with E-state index in [4.69, 9.17) is 5.11 Å². The summed E-state index contributed by atoms with van der Waals surface area (Å²) in [5.41, 5.74) is 4.01. The molecular formula is C15H15BrN2O4S. The molecular weight excluding hydrogens is 384 g/mol. The van der Waals surface area contributed by atoms with Crippen molar-refractivity contribution in [3.63, 3.8) is 0 Å². The number of hydrogen-bond acceptors (Lipinski definition) is 4. The number of rotatable bonds is 7. The molecule has 0 aromatic heterocycles. The van der Waals surface area contributed by atoms with E-state index in [0.29, 0.717) is 12.1 Å². The highest BCUT2D eigenvalue weighted by Crippen LogP contribution is 2.15. The van der Waals surface area contributed by atoms with Crippen LogP contribution in [0.25, 0.3) is 0 Å². The third kappa shape index (κ3) is 5.34. The van der Waals surface area contributed by atoms with Crippen LogP contribution in [-0.4, -0.2) is 19.5 Å². The second-order valence-corrected chi connectivity index (χ2v) is 7.37. The lowest BCUT2D eigenvalue weighted by molar-refractivity contribution is -0.136. The first kappa shape index (κ1) is 17.5. The molecule has 0 fully saturated rings. The van der Waals surface area contributed by atoms with Gasteiger partial charge in [-0.1, -0.05) is 28.1 Å². The molecule has 0 heterocycles. The van der Waals surface area contributed by atoms with Crippen molar-refractivity contribution in [2.75, 3.05) is 5.43 Å². The number of carboxylic acid groups (broad SMARTS) is 1. The van der Waals surface area contributed by atoms with Crippen molar-refractivity contribution in [3.05, 3.63) is 58.6 Å². The molecule has 0 amide bonds. The normalized spacial score (nSPS) is 11.2. The van der Waals surface area contributed by atoms with Gasteiger partial charge in [-0.15, -0.1) is 4.83 Å². The molecule has 2 rings (SSSR count). The van der Waals surface area contributed by atoms with E-state index in [1.54, 1.807) is 36.4 Å². The number of sulfonamides is 1. The number of nitrogens with one attached hydrogen (secondary N) is 2. The fraction of sp³-hybridized carbons (Fsp3) is 0.133. The van der Waals surface area contributed by atoms with Crippen molar-refractivity contribution in [1.29, 1.82) is 0 Å². The first-order chi connectivity index (χ1) is 10.9. The highest BCUT2D eigenvalue weighted by Gasteiger charge is 2.13. The van der Waals surface area contributed by atoms with Crippen LogP contribution in [0.1, 0.15) is 12.0 Å². The van der Waals surface area contributed by atoms with Gasteiger partial charge in [-0.3, -0.25) is 4.79 Å². The van der Waals surface area contributed by atoms with Gasteiger partial charge in [-0.2, -0.15) is 0 Å². The standard InChI is InChI=1S/C15H15BrN2O4S/c16-12-4-6-13(7-5-12)17-18-23(21,22)14-8-1-11(2-9-14)3-10-15(19)20/h1-2,4-9,17-18H,3,10H2,(H,19,20). The first-order valence-corrected chi connectivity index (χ1v) is 8.98. The van der Waals surface area contributed by atoms with Crippen LogP contribution in [-0.2, 0) is 21.2 Å². The Balaban J connectivity index is 2.01. The zero-order chi connectivity index (χ0) is 16.9. The van der Waals surface area contributed by atoms with E-state index in [9.17, 15) is 13.2 Å². The molecule has 2 aromatic rings. The van der Waals surface area contributed by atoms with Gasteiger partial charge in [0.1, 0.15) is 0 Å². The zero-order valence-corrected chi connectivity index (χ0v) is 14.4. The molecule has 3 N–H and O–H groups in total. The maximum atomic E-state index is 12.2. The maximum Gasteiger partial charge on any atom is 0.303 e. The first-order valence-electron chi connectivity index (χ1n) is 6.71. The highest BCUT2D eigenvalue weighted by molar-refractivity contribution is 9.10. The quantitative estimate of drug-likeness (QED) is 0.623. The number of aliphatic carboxylic acids is 1. The summed E-state index contributed by atoms with van der Waals surface area (Å²) in [6, 6.07) is 13.1. The van der Waals surface area contributed by atoms with Crippen LogP contribution in [0.2, 0.25) is 0 Å². The van der Waals surface area contributed by atoms with Crippen LogP contribution in [0.4, 0.5) is 5.69 Å². The van der Waals surface area contributed by atoms with Crippen LogP contribution in [0.3, 0.4) is 0 Å². The summed E-state index contributed by atoms with van der Waals surface area (Å²) in [6.45, 7) is 0. The molecule has 0 aliphatic heterocycles. The summed E-state index contributed by atoms with van der Waals surface area (Å²) in [5.74, 6) is -0.887. The molecule has 0 spiro atoms. The van der Waals surface area contributed by atoms with Gasteiger partial charge in [-0.05, 0) is 48.4 Å². The summed E-state index contributed by atoms with van der Waals surface area (Å²) in [6.07, 6.45) is 0.371. The SMILES string of the molecule is O=C(O)CCc1ccc(S(=O)(=O)NNc2ccc(Br)cc2)cc1. The number of anilines is 1. The largest absolute Gasteiger partial charge is 0.481 e. The Bertz CT molecular complexity index is 774. The van der Waals surface area contributed by atoms with Crippen LogP contribution in [0.5, 0.6) is 0 Å². The monoisotopic (exact) mass is 398 g/mol. The Labute approximate surface area is 142 Å². The van der Waals surface area contributed by atoms with E-state index in [1.165, 1.54) is 12.1 Å². The molecule has 0 radical (unpaired) electrons. The van der Waals surface area contributed by atoms with Crippen molar-refractivity contribution in [1.82, 2.24) is 4.83 Å². The molecule has 0 atom stereocenters. The minimum absolute atomic E-state index is 0.00939. The van der Waals surface area contributed by atoms with Gasteiger partial charge in [0, 0.05) is 16.6 Å². The molecule has 0 aliphatic rings. The van der Waals surface area contributed by atoms with E-state index in [-0.39, 0.29) is 11.3 Å². The van der Waals surface area contributed by atoms with E-state index in [2.05, 4.69) is 26.2 Å². The van der Waals surface area contributed by atoms with Crippen molar-refractivity contribution in [2.45, 2.75) is 17.7 Å². The van der Waals surface area contributed by atoms with E-state index >= 15 is 0 Å². The fourth-order valence-corrected chi connectivity index (χ4v) is 2.93. The van der Waals surface area contributed by atoms with E-state index < -0.39 is 16.0 Å². The molecule has 0 bridgehead atoms. The van der Waals surface area contributed by atoms with Crippen molar-refractivity contribution in [3.8, 4) is 0 Å². The smallest absolute Gasteiger partial charge is 0.303 e. The number of halogens is 1. The topological polar surface area (TPSA) is 95.5 Å². The number of benzene rings is 2. The Kier molecular flexibility index (Phi) is 5.75. The Morgan fingerprint density at radius 3 is 2.22 bits per heavy atom. The molecule has 6 nitrogen and oxygen atoms in total. The van der Waals surface area contributed by atoms with Crippen molar-refractivity contribution in [2.24, 2.45) is 0 Å². The third-order valence-corrected chi connectivity index (χ3v) is 4.83. The van der Waals surface area contributed by atoms with Gasteiger partial charge < -0.3 is 10.5 Å². The number of hydrogen-bond donors (Lipinski definition) is 3. The van der Waals surface area contributed by atoms with Gasteiger partial charge in [-0.25, -0.2) is 8.42 Å². The Hall–Kier alpha value is -1.90. The second-order valence-electron chi connectivity index (χ2n) is 4.78. The predicted octanol–water partition coefficient (Wildman–Crippen LogP) is 2.77. The summed E-state index contributed by atoms with van der Waals surface area (Å²) in [5, 5.41) is 8.64. The van der Waals surface area contributed by atoms with E-state index in [1.807, 2.05) is 0 Å². The molecule has 0 saturated heterocycles. The van der Waals surface area contributed by atoms with Crippen LogP contribution >= 0.6 is 15.9 Å². The number of hydrazine groups is 1. The lowest BCUT2D eigenvalue weighted by Crippen LogP contribution is -2.29. The predicted molar refractivity (Wildman–Crippen MR) is 90.5 cm³/mol. The summed E-state index contributed by atoms with van der Waals surface area (Å²) in [7, 11) is -3.71. The summed E-state index contributed by atoms with van der Waals surface area (Å²) >= 11 is 3.30. The summed E-state index contributed by atoms with van der Waals surface area (Å²) < 4.78 is 25.2. The second kappa shape index (κ2) is 7.58. The van der Waals surface area contributed by atoms with Crippen LogP contribution in [0, 0.1) is 0 Å².